The fourth-order valence-electron chi connectivity index (χ4n) is 5.73. The van der Waals surface area contributed by atoms with Gasteiger partial charge in [-0.3, -0.25) is 0 Å². The fourth-order valence-corrected chi connectivity index (χ4v) is 10.3. The van der Waals surface area contributed by atoms with Crippen molar-refractivity contribution in [2.24, 2.45) is 5.92 Å². The highest BCUT2D eigenvalue weighted by molar-refractivity contribution is 6.99. The summed E-state index contributed by atoms with van der Waals surface area (Å²) in [6.45, 7) is 20.5. The van der Waals surface area contributed by atoms with E-state index in [9.17, 15) is 0 Å². The van der Waals surface area contributed by atoms with Crippen molar-refractivity contribution in [2.45, 2.75) is 97.6 Å². The van der Waals surface area contributed by atoms with Crippen molar-refractivity contribution >= 4 is 18.7 Å². The molecule has 0 aliphatic carbocycles. The van der Waals surface area contributed by atoms with E-state index in [1.807, 2.05) is 27.7 Å². The Labute approximate surface area is 225 Å². The minimum Gasteiger partial charge on any atom is -0.404 e. The zero-order chi connectivity index (χ0) is 27.3. The van der Waals surface area contributed by atoms with Gasteiger partial charge in [0.2, 0.25) is 0 Å². The van der Waals surface area contributed by atoms with E-state index in [1.54, 1.807) is 0 Å². The number of rotatable bonds is 12. The summed E-state index contributed by atoms with van der Waals surface area (Å²) in [7, 11) is -2.82. The summed E-state index contributed by atoms with van der Waals surface area (Å²) in [6, 6.07) is 21.4. The van der Waals surface area contributed by atoms with Crippen LogP contribution in [0.3, 0.4) is 0 Å². The summed E-state index contributed by atoms with van der Waals surface area (Å²) in [5, 5.41) is 2.29. The van der Waals surface area contributed by atoms with E-state index < -0.39 is 26.0 Å². The van der Waals surface area contributed by atoms with Gasteiger partial charge in [-0.05, 0) is 49.0 Å². The third-order valence-electron chi connectivity index (χ3n) is 7.46. The molecule has 1 aliphatic rings. The van der Waals surface area contributed by atoms with Gasteiger partial charge in [0.05, 0.1) is 12.7 Å². The van der Waals surface area contributed by atoms with Gasteiger partial charge in [-0.1, -0.05) is 102 Å². The second kappa shape index (κ2) is 12.1. The first-order valence-electron chi connectivity index (χ1n) is 13.8. The third-order valence-corrected chi connectivity index (χ3v) is 12.4. The standard InChI is InChI=1S/C31H48O5Si/c1-10-24(4)27-31(36-30(8,9)35-27,28(32-11-2)33-12-3)23-34-37(29(5,6)7,25-19-15-13-16-20-25)26-21-17-14-18-22-26/h13-22,24,27-28H,10-12,23H2,1-9H3/t24-,27+,31-/m0/s1. The van der Waals surface area contributed by atoms with Crippen molar-refractivity contribution in [3.63, 3.8) is 0 Å². The van der Waals surface area contributed by atoms with Gasteiger partial charge >= 0.3 is 0 Å². The van der Waals surface area contributed by atoms with E-state index in [2.05, 4.69) is 95.3 Å². The van der Waals surface area contributed by atoms with Crippen molar-refractivity contribution in [1.29, 1.82) is 0 Å². The molecule has 1 heterocycles. The van der Waals surface area contributed by atoms with Crippen LogP contribution in [-0.2, 0) is 23.4 Å². The summed E-state index contributed by atoms with van der Waals surface area (Å²) >= 11 is 0. The molecule has 0 unspecified atom stereocenters. The maximum Gasteiger partial charge on any atom is 0.261 e. The predicted molar refractivity (Wildman–Crippen MR) is 153 cm³/mol. The normalized spacial score (nSPS) is 22.9. The van der Waals surface area contributed by atoms with Crippen LogP contribution in [-0.4, -0.2) is 51.9 Å². The first-order valence-corrected chi connectivity index (χ1v) is 15.7. The van der Waals surface area contributed by atoms with E-state index >= 15 is 0 Å². The SMILES string of the molecule is CCOC(OCC)[C@@]1(CO[Si](c2ccccc2)(c2ccccc2)C(C)(C)C)OC(C)(C)O[C@@H]1[C@@H](C)CC. The van der Waals surface area contributed by atoms with Crippen LogP contribution < -0.4 is 10.4 Å². The van der Waals surface area contributed by atoms with Gasteiger partial charge in [-0.15, -0.1) is 0 Å². The molecule has 3 rings (SSSR count). The maximum absolute atomic E-state index is 7.42. The lowest BCUT2D eigenvalue weighted by atomic mass is 9.86. The Morgan fingerprint density at radius 3 is 1.76 bits per heavy atom. The predicted octanol–water partition coefficient (Wildman–Crippen LogP) is 5.90. The molecule has 1 aliphatic heterocycles. The molecule has 2 aromatic rings. The van der Waals surface area contributed by atoms with Crippen molar-refractivity contribution in [3.05, 3.63) is 60.7 Å². The van der Waals surface area contributed by atoms with Crippen LogP contribution in [0.2, 0.25) is 5.04 Å². The van der Waals surface area contributed by atoms with Crippen molar-refractivity contribution in [1.82, 2.24) is 0 Å². The molecule has 5 nitrogen and oxygen atoms in total. The molecule has 1 saturated heterocycles. The van der Waals surface area contributed by atoms with Crippen molar-refractivity contribution in [2.75, 3.05) is 19.8 Å². The first-order chi connectivity index (χ1) is 17.5. The third kappa shape index (κ3) is 6.05. The number of benzene rings is 2. The molecule has 0 saturated carbocycles. The summed E-state index contributed by atoms with van der Waals surface area (Å²) in [4.78, 5) is 0. The van der Waals surface area contributed by atoms with Gasteiger partial charge in [0, 0.05) is 13.2 Å². The molecule has 0 amide bonds. The van der Waals surface area contributed by atoms with Gasteiger partial charge in [-0.25, -0.2) is 0 Å². The van der Waals surface area contributed by atoms with Crippen LogP contribution in [0.15, 0.2) is 60.7 Å². The van der Waals surface area contributed by atoms with Crippen molar-refractivity contribution < 1.29 is 23.4 Å². The molecule has 0 spiro atoms. The topological polar surface area (TPSA) is 46.2 Å². The van der Waals surface area contributed by atoms with Crippen LogP contribution in [0.1, 0.15) is 68.7 Å². The summed E-state index contributed by atoms with van der Waals surface area (Å²) in [6.07, 6.45) is 0.0612. The highest BCUT2D eigenvalue weighted by Crippen LogP contribution is 2.46. The zero-order valence-electron chi connectivity index (χ0n) is 24.4. The summed E-state index contributed by atoms with van der Waals surface area (Å²) in [5.41, 5.74) is -0.933. The molecule has 6 heteroatoms. The fraction of sp³-hybridized carbons (Fsp3) is 0.613. The monoisotopic (exact) mass is 528 g/mol. The van der Waals surface area contributed by atoms with Crippen LogP contribution in [0.25, 0.3) is 0 Å². The molecule has 0 aromatic heterocycles. The van der Waals surface area contributed by atoms with Gasteiger partial charge in [-0.2, -0.15) is 0 Å². The van der Waals surface area contributed by atoms with Crippen LogP contribution in [0, 0.1) is 5.92 Å². The number of ether oxygens (including phenoxy) is 4. The molecular formula is C31H48O5Si. The molecule has 2 aromatic carbocycles. The molecule has 0 N–H and O–H groups in total. The highest BCUT2D eigenvalue weighted by Gasteiger charge is 2.62. The Morgan fingerprint density at radius 1 is 0.865 bits per heavy atom. The first kappa shape index (κ1) is 30.0. The Balaban J connectivity index is 2.21. The average Bonchev–Trinajstić information content (AvgIpc) is 3.15. The Bertz CT molecular complexity index is 913. The van der Waals surface area contributed by atoms with E-state index in [0.29, 0.717) is 19.8 Å². The van der Waals surface area contributed by atoms with Crippen molar-refractivity contribution in [3.8, 4) is 0 Å². The molecule has 206 valence electrons. The van der Waals surface area contributed by atoms with Crippen LogP contribution in [0.4, 0.5) is 0 Å². The second-order valence-corrected chi connectivity index (χ2v) is 15.9. The minimum atomic E-state index is -2.82. The second-order valence-electron chi connectivity index (χ2n) is 11.6. The summed E-state index contributed by atoms with van der Waals surface area (Å²) < 4.78 is 33.4. The number of hydrogen-bond acceptors (Lipinski definition) is 5. The lowest BCUT2D eigenvalue weighted by molar-refractivity contribution is -0.271. The van der Waals surface area contributed by atoms with E-state index in [4.69, 9.17) is 23.4 Å². The molecule has 1 fully saturated rings. The van der Waals surface area contributed by atoms with E-state index in [1.165, 1.54) is 10.4 Å². The lowest BCUT2D eigenvalue weighted by Crippen LogP contribution is -2.69. The molecule has 0 radical (unpaired) electrons. The van der Waals surface area contributed by atoms with E-state index in [-0.39, 0.29) is 17.1 Å². The smallest absolute Gasteiger partial charge is 0.261 e. The molecule has 0 bridgehead atoms. The van der Waals surface area contributed by atoms with Gasteiger partial charge in [0.25, 0.3) is 8.32 Å². The molecule has 37 heavy (non-hydrogen) atoms. The average molecular weight is 529 g/mol. The summed E-state index contributed by atoms with van der Waals surface area (Å²) in [5.74, 6) is -0.581. The number of hydrogen-bond donors (Lipinski definition) is 0. The Morgan fingerprint density at radius 2 is 1.35 bits per heavy atom. The van der Waals surface area contributed by atoms with E-state index in [0.717, 1.165) is 6.42 Å². The van der Waals surface area contributed by atoms with Gasteiger partial charge < -0.3 is 23.4 Å². The Kier molecular flexibility index (Phi) is 9.81. The Hall–Kier alpha value is -1.54. The largest absolute Gasteiger partial charge is 0.404 e. The van der Waals surface area contributed by atoms with Gasteiger partial charge in [0.1, 0.15) is 0 Å². The maximum atomic E-state index is 7.42. The van der Waals surface area contributed by atoms with Crippen LogP contribution in [0.5, 0.6) is 0 Å². The molecular weight excluding hydrogens is 480 g/mol. The van der Waals surface area contributed by atoms with Crippen LogP contribution >= 0.6 is 0 Å². The quantitative estimate of drug-likeness (QED) is 0.254. The van der Waals surface area contributed by atoms with Gasteiger partial charge in [0.15, 0.2) is 17.7 Å². The lowest BCUT2D eigenvalue weighted by Gasteiger charge is -2.47. The minimum absolute atomic E-state index is 0.162. The highest BCUT2D eigenvalue weighted by atomic mass is 28.4. The molecule has 3 atom stereocenters. The zero-order valence-corrected chi connectivity index (χ0v) is 25.4.